The van der Waals surface area contributed by atoms with Crippen LogP contribution in [0.2, 0.25) is 5.02 Å². The van der Waals surface area contributed by atoms with Gasteiger partial charge in [0.25, 0.3) is 0 Å². The molecule has 1 fully saturated rings. The summed E-state index contributed by atoms with van der Waals surface area (Å²) in [6.45, 7) is 4.25. The molecule has 2 rings (SSSR count). The maximum Gasteiger partial charge on any atom is 0.217 e. The average molecular weight is 282 g/mol. The highest BCUT2D eigenvalue weighted by molar-refractivity contribution is 6.31. The molecule has 0 saturated carbocycles. The summed E-state index contributed by atoms with van der Waals surface area (Å²) in [5.74, 6) is 0.0498. The number of benzene rings is 1. The fraction of sp³-hybridized carbons (Fsp3) is 0.500. The van der Waals surface area contributed by atoms with Gasteiger partial charge in [0.05, 0.1) is 0 Å². The van der Waals surface area contributed by atoms with Crippen LogP contribution in [0, 0.1) is 0 Å². The van der Waals surface area contributed by atoms with Gasteiger partial charge in [0, 0.05) is 48.9 Å². The Morgan fingerprint density at radius 1 is 1.47 bits per heavy atom. The Labute approximate surface area is 118 Å². The van der Waals surface area contributed by atoms with Gasteiger partial charge in [-0.1, -0.05) is 17.7 Å². The molecular weight excluding hydrogens is 262 g/mol. The van der Waals surface area contributed by atoms with Gasteiger partial charge in [0.2, 0.25) is 5.91 Å². The Hall–Kier alpha value is -1.26. The Morgan fingerprint density at radius 3 is 2.74 bits per heavy atom. The first kappa shape index (κ1) is 14.2. The number of anilines is 1. The molecule has 1 amide bonds. The van der Waals surface area contributed by atoms with Gasteiger partial charge in [-0.05, 0) is 25.0 Å². The minimum Gasteiger partial charge on any atom is -0.398 e. The summed E-state index contributed by atoms with van der Waals surface area (Å²) in [4.78, 5) is 13.3. The molecule has 0 spiro atoms. The normalized spacial score (nSPS) is 17.4. The minimum absolute atomic E-state index is 0.0498. The quantitative estimate of drug-likeness (QED) is 0.834. The van der Waals surface area contributed by atoms with E-state index in [1.54, 1.807) is 6.92 Å². The largest absolute Gasteiger partial charge is 0.398 e. The second kappa shape index (κ2) is 6.26. The van der Waals surface area contributed by atoms with Gasteiger partial charge in [-0.3, -0.25) is 9.69 Å². The molecule has 1 aliphatic rings. The van der Waals surface area contributed by atoms with Crippen LogP contribution in [0.3, 0.4) is 0 Å². The summed E-state index contributed by atoms with van der Waals surface area (Å²) in [6, 6.07) is 5.92. The number of carbonyl (C=O) groups is 1. The lowest BCUT2D eigenvalue weighted by Crippen LogP contribution is -2.43. The molecule has 1 heterocycles. The molecule has 4 nitrogen and oxygen atoms in total. The predicted octanol–water partition coefficient (Wildman–Crippen LogP) is 2.02. The summed E-state index contributed by atoms with van der Waals surface area (Å²) in [5, 5.41) is 3.70. The third-order valence-electron chi connectivity index (χ3n) is 3.53. The van der Waals surface area contributed by atoms with Crippen LogP contribution in [0.1, 0.15) is 25.3 Å². The number of nitrogens with zero attached hydrogens (tertiary/aromatic N) is 1. The van der Waals surface area contributed by atoms with E-state index < -0.39 is 0 Å². The summed E-state index contributed by atoms with van der Waals surface area (Å²) in [6.07, 6.45) is 1.95. The number of nitrogens with one attached hydrogen (secondary N) is 1. The molecule has 3 N–H and O–H groups in total. The second-order valence-electron chi connectivity index (χ2n) is 5.06. The molecule has 0 aliphatic carbocycles. The Balaban J connectivity index is 1.91. The van der Waals surface area contributed by atoms with Crippen LogP contribution < -0.4 is 11.1 Å². The lowest BCUT2D eigenvalue weighted by molar-refractivity contribution is -0.119. The van der Waals surface area contributed by atoms with Crippen molar-refractivity contribution in [2.24, 2.45) is 0 Å². The van der Waals surface area contributed by atoms with Crippen LogP contribution in [0.5, 0.6) is 0 Å². The lowest BCUT2D eigenvalue weighted by Gasteiger charge is -2.32. The molecular formula is C14H20ClN3O. The maximum atomic E-state index is 11.0. The van der Waals surface area contributed by atoms with E-state index in [0.29, 0.717) is 6.04 Å². The summed E-state index contributed by atoms with van der Waals surface area (Å²) >= 11 is 6.18. The smallest absolute Gasteiger partial charge is 0.217 e. The number of nitrogen functional groups attached to an aromatic ring is 1. The fourth-order valence-corrected chi connectivity index (χ4v) is 2.73. The SMILES string of the molecule is CC(=O)NC1CCN(Cc2c(N)cccc2Cl)CC1. The summed E-state index contributed by atoms with van der Waals surface area (Å²) in [7, 11) is 0. The van der Waals surface area contributed by atoms with Crippen molar-refractivity contribution in [3.8, 4) is 0 Å². The zero-order chi connectivity index (χ0) is 13.8. The highest BCUT2D eigenvalue weighted by atomic mass is 35.5. The monoisotopic (exact) mass is 281 g/mol. The topological polar surface area (TPSA) is 58.4 Å². The van der Waals surface area contributed by atoms with Crippen LogP contribution >= 0.6 is 11.6 Å². The molecule has 1 aliphatic heterocycles. The molecule has 19 heavy (non-hydrogen) atoms. The van der Waals surface area contributed by atoms with Crippen molar-refractivity contribution in [2.45, 2.75) is 32.4 Å². The second-order valence-corrected chi connectivity index (χ2v) is 5.47. The van der Waals surface area contributed by atoms with Gasteiger partial charge < -0.3 is 11.1 Å². The average Bonchev–Trinajstić information content (AvgIpc) is 2.35. The van der Waals surface area contributed by atoms with Gasteiger partial charge in [-0.15, -0.1) is 0 Å². The van der Waals surface area contributed by atoms with E-state index in [1.807, 2.05) is 18.2 Å². The van der Waals surface area contributed by atoms with Crippen molar-refractivity contribution in [3.05, 3.63) is 28.8 Å². The third kappa shape index (κ3) is 3.85. The first-order valence-corrected chi connectivity index (χ1v) is 6.96. The zero-order valence-corrected chi connectivity index (χ0v) is 11.9. The van der Waals surface area contributed by atoms with Crippen LogP contribution in [0.15, 0.2) is 18.2 Å². The molecule has 0 atom stereocenters. The van der Waals surface area contributed by atoms with E-state index in [1.165, 1.54) is 0 Å². The summed E-state index contributed by atoms with van der Waals surface area (Å²) < 4.78 is 0. The maximum absolute atomic E-state index is 11.0. The number of hydrogen-bond acceptors (Lipinski definition) is 3. The van der Waals surface area contributed by atoms with Crippen LogP contribution in [0.4, 0.5) is 5.69 Å². The number of nitrogens with two attached hydrogens (primary N) is 1. The van der Waals surface area contributed by atoms with E-state index in [-0.39, 0.29) is 5.91 Å². The highest BCUT2D eigenvalue weighted by Gasteiger charge is 2.20. The van der Waals surface area contributed by atoms with E-state index in [4.69, 9.17) is 17.3 Å². The van der Waals surface area contributed by atoms with E-state index in [9.17, 15) is 4.79 Å². The molecule has 0 radical (unpaired) electrons. The number of halogens is 1. The Kier molecular flexibility index (Phi) is 4.66. The van der Waals surface area contributed by atoms with Gasteiger partial charge in [-0.25, -0.2) is 0 Å². The van der Waals surface area contributed by atoms with Crippen molar-refractivity contribution < 1.29 is 4.79 Å². The standard InChI is InChI=1S/C14H20ClN3O/c1-10(19)17-11-5-7-18(8-6-11)9-12-13(15)3-2-4-14(12)16/h2-4,11H,5-9,16H2,1H3,(H,17,19). The third-order valence-corrected chi connectivity index (χ3v) is 3.89. The molecule has 0 aromatic heterocycles. The first-order chi connectivity index (χ1) is 9.06. The van der Waals surface area contributed by atoms with E-state index >= 15 is 0 Å². The van der Waals surface area contributed by atoms with Crippen LogP contribution in [-0.2, 0) is 11.3 Å². The van der Waals surface area contributed by atoms with Crippen molar-refractivity contribution in [1.82, 2.24) is 10.2 Å². The zero-order valence-electron chi connectivity index (χ0n) is 11.2. The van der Waals surface area contributed by atoms with Crippen LogP contribution in [0.25, 0.3) is 0 Å². The van der Waals surface area contributed by atoms with Crippen molar-refractivity contribution in [1.29, 1.82) is 0 Å². The molecule has 0 bridgehead atoms. The van der Waals surface area contributed by atoms with Crippen LogP contribution in [-0.4, -0.2) is 29.9 Å². The molecule has 5 heteroatoms. The van der Waals surface area contributed by atoms with Gasteiger partial charge in [-0.2, -0.15) is 0 Å². The fourth-order valence-electron chi connectivity index (χ4n) is 2.49. The summed E-state index contributed by atoms with van der Waals surface area (Å²) in [5.41, 5.74) is 7.71. The predicted molar refractivity (Wildman–Crippen MR) is 78.0 cm³/mol. The van der Waals surface area contributed by atoms with E-state index in [0.717, 1.165) is 48.7 Å². The molecule has 1 aromatic rings. The van der Waals surface area contributed by atoms with Crippen molar-refractivity contribution in [2.75, 3.05) is 18.8 Å². The number of likely N-dealkylation sites (tertiary alicyclic amines) is 1. The Bertz CT molecular complexity index is 436. The van der Waals surface area contributed by atoms with Gasteiger partial charge >= 0.3 is 0 Å². The molecule has 104 valence electrons. The van der Waals surface area contributed by atoms with Crippen molar-refractivity contribution >= 4 is 23.2 Å². The van der Waals surface area contributed by atoms with Crippen molar-refractivity contribution in [3.63, 3.8) is 0 Å². The number of piperidine rings is 1. The van der Waals surface area contributed by atoms with Gasteiger partial charge in [0.15, 0.2) is 0 Å². The molecule has 0 unspecified atom stereocenters. The highest BCUT2D eigenvalue weighted by Crippen LogP contribution is 2.24. The molecule has 1 aromatic carbocycles. The number of amides is 1. The first-order valence-electron chi connectivity index (χ1n) is 6.58. The van der Waals surface area contributed by atoms with E-state index in [2.05, 4.69) is 10.2 Å². The number of carbonyl (C=O) groups excluding carboxylic acids is 1. The Morgan fingerprint density at radius 2 is 2.16 bits per heavy atom. The molecule has 1 saturated heterocycles. The van der Waals surface area contributed by atoms with Gasteiger partial charge in [0.1, 0.15) is 0 Å². The minimum atomic E-state index is 0.0498. The number of rotatable bonds is 3. The number of hydrogen-bond donors (Lipinski definition) is 2. The lowest BCUT2D eigenvalue weighted by atomic mass is 10.0.